The third-order valence-electron chi connectivity index (χ3n) is 5.46. The molecule has 2 aromatic carbocycles. The van der Waals surface area contributed by atoms with Crippen LogP contribution < -0.4 is 19.5 Å². The van der Waals surface area contributed by atoms with Crippen LogP contribution in [0.4, 0.5) is 5.69 Å². The van der Waals surface area contributed by atoms with Gasteiger partial charge in [0.1, 0.15) is 28.7 Å². The van der Waals surface area contributed by atoms with E-state index in [-0.39, 0.29) is 18.1 Å². The predicted octanol–water partition coefficient (Wildman–Crippen LogP) is 4.27. The summed E-state index contributed by atoms with van der Waals surface area (Å²) in [5, 5.41) is 11.1. The third kappa shape index (κ3) is 4.96. The summed E-state index contributed by atoms with van der Waals surface area (Å²) in [4.78, 5) is 17.5. The summed E-state index contributed by atoms with van der Waals surface area (Å²) in [6.07, 6.45) is 0. The number of methoxy groups -OCH3 is 2. The minimum atomic E-state index is -0.374. The number of para-hydroxylation sites is 2. The van der Waals surface area contributed by atoms with E-state index in [1.165, 1.54) is 0 Å². The van der Waals surface area contributed by atoms with Gasteiger partial charge in [-0.25, -0.2) is 9.67 Å². The number of anilines is 1. The molecule has 2 aromatic heterocycles. The van der Waals surface area contributed by atoms with E-state index in [1.807, 2.05) is 38.1 Å². The topological polar surface area (TPSA) is 114 Å². The highest BCUT2D eigenvalue weighted by Gasteiger charge is 2.21. The van der Waals surface area contributed by atoms with Crippen molar-refractivity contribution in [3.8, 4) is 28.7 Å². The average molecular weight is 478 g/mol. The van der Waals surface area contributed by atoms with Gasteiger partial charge >= 0.3 is 0 Å². The summed E-state index contributed by atoms with van der Waals surface area (Å²) in [5.41, 5.74) is 2.75. The highest BCUT2D eigenvalue weighted by molar-refractivity contribution is 6.04. The average Bonchev–Trinajstić information content (AvgIpc) is 3.42. The predicted molar refractivity (Wildman–Crippen MR) is 129 cm³/mol. The maximum absolute atomic E-state index is 12.9. The molecular formula is C25H27N5O5. The Bertz CT molecular complexity index is 1340. The van der Waals surface area contributed by atoms with E-state index in [2.05, 4.69) is 20.6 Å². The van der Waals surface area contributed by atoms with Gasteiger partial charge in [-0.05, 0) is 45.0 Å². The standard InChI is InChI=1S/C25H27N5O5/c1-6-34-21-10-8-7-9-19(21)26-24(31)23-15(2)30(29-28-23)14-20-16(3)35-25(27-20)18-12-11-17(32-4)13-22(18)33-5/h7-13H,6,14H2,1-5H3,(H,26,31). The molecule has 35 heavy (non-hydrogen) atoms. The molecule has 4 aromatic rings. The van der Waals surface area contributed by atoms with Crippen molar-refractivity contribution in [1.82, 2.24) is 20.0 Å². The molecule has 10 nitrogen and oxygen atoms in total. The largest absolute Gasteiger partial charge is 0.497 e. The third-order valence-corrected chi connectivity index (χ3v) is 5.46. The van der Waals surface area contributed by atoms with Crippen LogP contribution in [0.15, 0.2) is 46.9 Å². The summed E-state index contributed by atoms with van der Waals surface area (Å²) in [6, 6.07) is 12.7. The molecule has 4 rings (SSSR count). The number of carbonyl (C=O) groups excluding carboxylic acids is 1. The number of nitrogens with one attached hydrogen (secondary N) is 1. The first kappa shape index (κ1) is 23.8. The van der Waals surface area contributed by atoms with Crippen molar-refractivity contribution in [2.24, 2.45) is 0 Å². The Labute approximate surface area is 202 Å². The van der Waals surface area contributed by atoms with Crippen molar-refractivity contribution in [1.29, 1.82) is 0 Å². The smallest absolute Gasteiger partial charge is 0.278 e. The molecule has 0 aliphatic rings. The van der Waals surface area contributed by atoms with Crippen molar-refractivity contribution >= 4 is 11.6 Å². The summed E-state index contributed by atoms with van der Waals surface area (Å²) >= 11 is 0. The maximum atomic E-state index is 12.9. The zero-order chi connectivity index (χ0) is 24.9. The SMILES string of the molecule is CCOc1ccccc1NC(=O)c1nnn(Cc2nc(-c3ccc(OC)cc3OC)oc2C)c1C. The second kappa shape index (κ2) is 10.3. The van der Waals surface area contributed by atoms with E-state index in [4.69, 9.17) is 18.6 Å². The van der Waals surface area contributed by atoms with Crippen molar-refractivity contribution in [2.75, 3.05) is 26.1 Å². The van der Waals surface area contributed by atoms with Crippen LogP contribution in [0.1, 0.15) is 34.6 Å². The molecule has 2 heterocycles. The first-order valence-electron chi connectivity index (χ1n) is 11.1. The number of carbonyl (C=O) groups is 1. The van der Waals surface area contributed by atoms with Gasteiger partial charge in [0.2, 0.25) is 5.89 Å². The highest BCUT2D eigenvalue weighted by atomic mass is 16.5. The Hall–Kier alpha value is -4.34. The number of rotatable bonds is 9. The van der Waals surface area contributed by atoms with Crippen molar-refractivity contribution < 1.29 is 23.4 Å². The minimum Gasteiger partial charge on any atom is -0.497 e. The van der Waals surface area contributed by atoms with Crippen molar-refractivity contribution in [2.45, 2.75) is 27.3 Å². The van der Waals surface area contributed by atoms with Gasteiger partial charge in [0, 0.05) is 6.07 Å². The van der Waals surface area contributed by atoms with E-state index >= 15 is 0 Å². The fourth-order valence-corrected chi connectivity index (χ4v) is 3.56. The first-order valence-corrected chi connectivity index (χ1v) is 11.1. The van der Waals surface area contributed by atoms with Gasteiger partial charge in [0.15, 0.2) is 5.69 Å². The molecule has 0 aliphatic carbocycles. The van der Waals surface area contributed by atoms with E-state index in [0.717, 1.165) is 0 Å². The molecule has 0 fully saturated rings. The summed E-state index contributed by atoms with van der Waals surface area (Å²) in [6.45, 7) is 6.27. The van der Waals surface area contributed by atoms with Gasteiger partial charge in [-0.2, -0.15) is 0 Å². The Morgan fingerprint density at radius 2 is 1.89 bits per heavy atom. The molecule has 0 atom stereocenters. The minimum absolute atomic E-state index is 0.217. The Kier molecular flexibility index (Phi) is 7.00. The van der Waals surface area contributed by atoms with Gasteiger partial charge in [-0.1, -0.05) is 17.3 Å². The summed E-state index contributed by atoms with van der Waals surface area (Å²) in [5.74, 6) is 2.52. The second-order valence-electron chi connectivity index (χ2n) is 7.65. The van der Waals surface area contributed by atoms with Crippen molar-refractivity contribution in [3.63, 3.8) is 0 Å². The molecular weight excluding hydrogens is 450 g/mol. The van der Waals surface area contributed by atoms with Gasteiger partial charge in [-0.3, -0.25) is 4.79 Å². The number of oxazole rings is 1. The van der Waals surface area contributed by atoms with E-state index in [0.29, 0.717) is 58.1 Å². The van der Waals surface area contributed by atoms with Crippen LogP contribution in [0, 0.1) is 13.8 Å². The lowest BCUT2D eigenvalue weighted by atomic mass is 10.2. The zero-order valence-electron chi connectivity index (χ0n) is 20.3. The molecule has 10 heteroatoms. The van der Waals surface area contributed by atoms with Gasteiger partial charge in [-0.15, -0.1) is 5.10 Å². The van der Waals surface area contributed by atoms with Crippen LogP contribution in [-0.4, -0.2) is 46.7 Å². The zero-order valence-corrected chi connectivity index (χ0v) is 20.3. The Morgan fingerprint density at radius 1 is 1.09 bits per heavy atom. The fourth-order valence-electron chi connectivity index (χ4n) is 3.56. The van der Waals surface area contributed by atoms with Crippen LogP contribution in [0.3, 0.4) is 0 Å². The first-order chi connectivity index (χ1) is 16.9. The number of nitrogens with zero attached hydrogens (tertiary/aromatic N) is 4. The molecule has 182 valence electrons. The maximum Gasteiger partial charge on any atom is 0.278 e. The van der Waals surface area contributed by atoms with Gasteiger partial charge < -0.3 is 23.9 Å². The number of aromatic nitrogens is 4. The summed E-state index contributed by atoms with van der Waals surface area (Å²) < 4.78 is 23.8. The van der Waals surface area contributed by atoms with E-state index < -0.39 is 0 Å². The highest BCUT2D eigenvalue weighted by Crippen LogP contribution is 2.34. The van der Waals surface area contributed by atoms with Crippen LogP contribution in [0.5, 0.6) is 17.2 Å². The molecule has 0 saturated carbocycles. The van der Waals surface area contributed by atoms with E-state index in [1.54, 1.807) is 44.0 Å². The lowest BCUT2D eigenvalue weighted by Gasteiger charge is -2.10. The quantitative estimate of drug-likeness (QED) is 0.380. The number of amides is 1. The number of hydrogen-bond donors (Lipinski definition) is 1. The monoisotopic (exact) mass is 477 g/mol. The Morgan fingerprint density at radius 3 is 2.63 bits per heavy atom. The number of aryl methyl sites for hydroxylation is 1. The van der Waals surface area contributed by atoms with Crippen LogP contribution in [-0.2, 0) is 6.54 Å². The Balaban J connectivity index is 1.55. The molecule has 1 N–H and O–H groups in total. The molecule has 0 saturated heterocycles. The van der Waals surface area contributed by atoms with Crippen molar-refractivity contribution in [3.05, 3.63) is 65.3 Å². The molecule has 0 spiro atoms. The fraction of sp³-hybridized carbons (Fsp3) is 0.280. The lowest BCUT2D eigenvalue weighted by Crippen LogP contribution is -2.15. The van der Waals surface area contributed by atoms with Gasteiger partial charge in [0.25, 0.3) is 5.91 Å². The van der Waals surface area contributed by atoms with Crippen LogP contribution >= 0.6 is 0 Å². The molecule has 0 radical (unpaired) electrons. The summed E-state index contributed by atoms with van der Waals surface area (Å²) in [7, 11) is 3.17. The van der Waals surface area contributed by atoms with E-state index in [9.17, 15) is 4.79 Å². The molecule has 1 amide bonds. The lowest BCUT2D eigenvalue weighted by molar-refractivity contribution is 0.102. The number of hydrogen-bond acceptors (Lipinski definition) is 8. The molecule has 0 unspecified atom stereocenters. The normalized spacial score (nSPS) is 10.8. The van der Waals surface area contributed by atoms with Crippen LogP contribution in [0.25, 0.3) is 11.5 Å². The molecule has 0 aliphatic heterocycles. The number of benzene rings is 2. The number of ether oxygens (including phenoxy) is 3. The van der Waals surface area contributed by atoms with Gasteiger partial charge in [0.05, 0.1) is 44.3 Å². The molecule has 0 bridgehead atoms. The van der Waals surface area contributed by atoms with Crippen LogP contribution in [0.2, 0.25) is 0 Å². The second-order valence-corrected chi connectivity index (χ2v) is 7.65.